The van der Waals surface area contributed by atoms with E-state index in [4.69, 9.17) is 11.6 Å². The Hall–Kier alpha value is -0.500. The molecule has 0 saturated carbocycles. The van der Waals surface area contributed by atoms with E-state index in [1.54, 1.807) is 11.6 Å². The van der Waals surface area contributed by atoms with Crippen LogP contribution in [0.3, 0.4) is 0 Å². The molecule has 0 aliphatic heterocycles. The molecule has 0 spiro atoms. The van der Waals surface area contributed by atoms with Crippen molar-refractivity contribution in [3.8, 4) is 0 Å². The van der Waals surface area contributed by atoms with Crippen molar-refractivity contribution in [1.82, 2.24) is 9.55 Å². The van der Waals surface area contributed by atoms with E-state index in [1.165, 1.54) is 6.20 Å². The summed E-state index contributed by atoms with van der Waals surface area (Å²) in [4.78, 5) is 3.69. The molecule has 0 aliphatic rings. The fraction of sp³-hybridized carbons (Fsp3) is 0.250. The highest BCUT2D eigenvalue weighted by Gasteiger charge is 1.87. The SMILES string of the molecule is Cn1[c]cnc1Cl. The van der Waals surface area contributed by atoms with Crippen LogP contribution in [0, 0.1) is 6.20 Å². The van der Waals surface area contributed by atoms with Gasteiger partial charge in [-0.15, -0.1) is 0 Å². The molecule has 0 amide bonds. The highest BCUT2D eigenvalue weighted by atomic mass is 35.5. The zero-order valence-corrected chi connectivity index (χ0v) is 4.61. The molecule has 0 unspecified atom stereocenters. The second-order valence-electron chi connectivity index (χ2n) is 1.22. The predicted molar refractivity (Wildman–Crippen MR) is 27.1 cm³/mol. The van der Waals surface area contributed by atoms with E-state index in [-0.39, 0.29) is 0 Å². The molecule has 7 heavy (non-hydrogen) atoms. The zero-order chi connectivity index (χ0) is 5.28. The minimum atomic E-state index is 0.472. The maximum absolute atomic E-state index is 5.44. The number of aryl methyl sites for hydroxylation is 1. The molecule has 2 nitrogen and oxygen atoms in total. The maximum atomic E-state index is 5.44. The number of hydrogen-bond acceptors (Lipinski definition) is 1. The van der Waals surface area contributed by atoms with Crippen LogP contribution in [0.25, 0.3) is 0 Å². The van der Waals surface area contributed by atoms with Gasteiger partial charge in [-0.3, -0.25) is 0 Å². The summed E-state index contributed by atoms with van der Waals surface area (Å²) in [6.45, 7) is 0. The van der Waals surface area contributed by atoms with Crippen molar-refractivity contribution >= 4 is 11.6 Å². The van der Waals surface area contributed by atoms with Gasteiger partial charge < -0.3 is 4.57 Å². The van der Waals surface area contributed by atoms with Crippen molar-refractivity contribution in [3.63, 3.8) is 0 Å². The monoisotopic (exact) mass is 115 g/mol. The Kier molecular flexibility index (Phi) is 1.02. The summed E-state index contributed by atoms with van der Waals surface area (Å²) in [6, 6.07) is 0. The van der Waals surface area contributed by atoms with Crippen LogP contribution < -0.4 is 0 Å². The van der Waals surface area contributed by atoms with E-state index in [2.05, 4.69) is 11.2 Å². The summed E-state index contributed by atoms with van der Waals surface area (Å²) in [5.74, 6) is 0. The van der Waals surface area contributed by atoms with Gasteiger partial charge >= 0.3 is 0 Å². The molecule has 0 N–H and O–H groups in total. The highest BCUT2D eigenvalue weighted by Crippen LogP contribution is 1.98. The Morgan fingerprint density at radius 1 is 2.00 bits per heavy atom. The average Bonchev–Trinajstić information content (AvgIpc) is 1.91. The molecular weight excluding hydrogens is 112 g/mol. The first kappa shape index (κ1) is 4.65. The first-order valence-corrected chi connectivity index (χ1v) is 2.23. The van der Waals surface area contributed by atoms with Gasteiger partial charge in [-0.1, -0.05) is 0 Å². The Balaban J connectivity index is 3.12. The van der Waals surface area contributed by atoms with Crippen LogP contribution in [0.4, 0.5) is 0 Å². The summed E-state index contributed by atoms with van der Waals surface area (Å²) < 4.78 is 1.61. The van der Waals surface area contributed by atoms with Crippen molar-refractivity contribution in [2.75, 3.05) is 0 Å². The fourth-order valence-corrected chi connectivity index (χ4v) is 0.406. The molecule has 1 radical (unpaired) electrons. The predicted octanol–water partition coefficient (Wildman–Crippen LogP) is 0.874. The van der Waals surface area contributed by atoms with Crippen molar-refractivity contribution in [1.29, 1.82) is 0 Å². The highest BCUT2D eigenvalue weighted by molar-refractivity contribution is 6.28. The van der Waals surface area contributed by atoms with E-state index in [0.29, 0.717) is 5.28 Å². The molecular formula is C4H4ClN2. The third-order valence-corrected chi connectivity index (χ3v) is 1.05. The van der Waals surface area contributed by atoms with Crippen molar-refractivity contribution < 1.29 is 0 Å². The molecule has 0 bridgehead atoms. The lowest BCUT2D eigenvalue weighted by molar-refractivity contribution is 0.907. The number of imidazole rings is 1. The van der Waals surface area contributed by atoms with Gasteiger partial charge in [0, 0.05) is 7.05 Å². The van der Waals surface area contributed by atoms with Crippen LogP contribution >= 0.6 is 11.6 Å². The lowest BCUT2D eigenvalue weighted by Crippen LogP contribution is -1.82. The van der Waals surface area contributed by atoms with Crippen LogP contribution in [0.1, 0.15) is 0 Å². The molecule has 0 saturated heterocycles. The molecule has 37 valence electrons. The first-order valence-electron chi connectivity index (χ1n) is 1.85. The quantitative estimate of drug-likeness (QED) is 0.491. The maximum Gasteiger partial charge on any atom is 0.202 e. The van der Waals surface area contributed by atoms with Gasteiger partial charge in [0.1, 0.15) is 0 Å². The average molecular weight is 116 g/mol. The molecule has 1 aromatic rings. The summed E-state index contributed by atoms with van der Waals surface area (Å²) in [6.07, 6.45) is 4.27. The second kappa shape index (κ2) is 1.54. The topological polar surface area (TPSA) is 17.8 Å². The van der Waals surface area contributed by atoms with Crippen LogP contribution in [0.2, 0.25) is 5.28 Å². The van der Waals surface area contributed by atoms with E-state index in [0.717, 1.165) is 0 Å². The third kappa shape index (κ3) is 0.747. The molecule has 1 aromatic heterocycles. The van der Waals surface area contributed by atoms with Crippen molar-refractivity contribution in [2.24, 2.45) is 7.05 Å². The number of nitrogens with zero attached hydrogens (tertiary/aromatic N) is 2. The largest absolute Gasteiger partial charge is 0.317 e. The van der Waals surface area contributed by atoms with Gasteiger partial charge in [0.2, 0.25) is 5.28 Å². The lowest BCUT2D eigenvalue weighted by atomic mass is 10.9. The molecule has 1 rings (SSSR count). The molecule has 0 aromatic carbocycles. The van der Waals surface area contributed by atoms with Crippen LogP contribution in [-0.4, -0.2) is 9.55 Å². The van der Waals surface area contributed by atoms with Gasteiger partial charge in [-0.05, 0) is 11.6 Å². The lowest BCUT2D eigenvalue weighted by Gasteiger charge is -1.83. The van der Waals surface area contributed by atoms with Crippen LogP contribution in [0.5, 0.6) is 0 Å². The Morgan fingerprint density at radius 2 is 2.71 bits per heavy atom. The normalized spacial score (nSPS) is 9.43. The molecule has 0 atom stereocenters. The summed E-state index contributed by atoms with van der Waals surface area (Å²) in [5, 5.41) is 0.472. The number of hydrogen-bond donors (Lipinski definition) is 0. The standard InChI is InChI=1S/C4H4ClN2/c1-7-3-2-6-4(7)5/h2H,1H3. The zero-order valence-electron chi connectivity index (χ0n) is 3.85. The Labute approximate surface area is 46.7 Å². The first-order chi connectivity index (χ1) is 3.30. The number of rotatable bonds is 0. The van der Waals surface area contributed by atoms with E-state index in [9.17, 15) is 0 Å². The summed E-state index contributed by atoms with van der Waals surface area (Å²) in [5.41, 5.74) is 0. The summed E-state index contributed by atoms with van der Waals surface area (Å²) in [7, 11) is 1.79. The van der Waals surface area contributed by atoms with Gasteiger partial charge in [0.15, 0.2) is 0 Å². The van der Waals surface area contributed by atoms with E-state index < -0.39 is 0 Å². The molecule has 0 fully saturated rings. The van der Waals surface area contributed by atoms with E-state index >= 15 is 0 Å². The minimum Gasteiger partial charge on any atom is -0.317 e. The number of aromatic nitrogens is 2. The van der Waals surface area contributed by atoms with Gasteiger partial charge in [-0.2, -0.15) is 0 Å². The van der Waals surface area contributed by atoms with Gasteiger partial charge in [-0.25, -0.2) is 4.98 Å². The van der Waals surface area contributed by atoms with E-state index in [1.807, 2.05) is 0 Å². The molecule has 1 heterocycles. The van der Waals surface area contributed by atoms with Crippen LogP contribution in [0.15, 0.2) is 6.20 Å². The smallest absolute Gasteiger partial charge is 0.202 e. The minimum absolute atomic E-state index is 0.472. The fourth-order valence-electron chi connectivity index (χ4n) is 0.309. The van der Waals surface area contributed by atoms with Gasteiger partial charge in [0.25, 0.3) is 0 Å². The second-order valence-corrected chi connectivity index (χ2v) is 1.55. The summed E-state index contributed by atoms with van der Waals surface area (Å²) >= 11 is 5.44. The molecule has 0 aliphatic carbocycles. The Morgan fingerprint density at radius 3 is 2.86 bits per heavy atom. The third-order valence-electron chi connectivity index (χ3n) is 0.699. The molecule has 3 heteroatoms. The van der Waals surface area contributed by atoms with Crippen molar-refractivity contribution in [2.45, 2.75) is 0 Å². The van der Waals surface area contributed by atoms with Crippen molar-refractivity contribution in [3.05, 3.63) is 17.7 Å². The Bertz CT molecular complexity index is 142. The van der Waals surface area contributed by atoms with Gasteiger partial charge in [0.05, 0.1) is 12.4 Å². The van der Waals surface area contributed by atoms with Crippen LogP contribution in [-0.2, 0) is 7.05 Å². The number of halogens is 1.